The number of esters is 1. The quantitative estimate of drug-likeness (QED) is 0.210. The number of hydrogen-bond donors (Lipinski definition) is 1. The molecule has 1 unspecified atom stereocenters. The number of allylic oxidation sites excluding steroid dienone is 1. The van der Waals surface area contributed by atoms with Crippen molar-refractivity contribution in [1.29, 1.82) is 5.26 Å². The number of fused-ring (bicyclic) bond motifs is 1. The van der Waals surface area contributed by atoms with Crippen LogP contribution in [0.3, 0.4) is 0 Å². The highest BCUT2D eigenvalue weighted by Gasteiger charge is 2.31. The minimum atomic E-state index is -0.560. The predicted octanol–water partition coefficient (Wildman–Crippen LogP) is 6.24. The number of rotatable bonds is 8. The van der Waals surface area contributed by atoms with Gasteiger partial charge in [-0.05, 0) is 55.0 Å². The Hall–Kier alpha value is -5.29. The van der Waals surface area contributed by atoms with Crippen molar-refractivity contribution in [2.24, 2.45) is 5.73 Å². The topological polar surface area (TPSA) is 104 Å². The molecular formula is C32H25FN2O5. The summed E-state index contributed by atoms with van der Waals surface area (Å²) in [5, 5.41) is 9.91. The molecule has 4 aromatic carbocycles. The van der Waals surface area contributed by atoms with E-state index in [0.717, 1.165) is 5.56 Å². The Morgan fingerprint density at radius 3 is 2.50 bits per heavy atom. The van der Waals surface area contributed by atoms with Crippen molar-refractivity contribution in [3.63, 3.8) is 0 Å². The van der Waals surface area contributed by atoms with Crippen LogP contribution in [0, 0.1) is 17.1 Å². The number of hydrogen-bond acceptors (Lipinski definition) is 7. The molecule has 7 nitrogen and oxygen atoms in total. The van der Waals surface area contributed by atoms with Crippen LogP contribution in [0.2, 0.25) is 0 Å². The summed E-state index contributed by atoms with van der Waals surface area (Å²) < 4.78 is 36.7. The highest BCUT2D eigenvalue weighted by molar-refractivity contribution is 5.91. The summed E-state index contributed by atoms with van der Waals surface area (Å²) in [4.78, 5) is 12.8. The van der Waals surface area contributed by atoms with Gasteiger partial charge in [-0.15, -0.1) is 0 Å². The van der Waals surface area contributed by atoms with Crippen LogP contribution >= 0.6 is 0 Å². The van der Waals surface area contributed by atoms with Gasteiger partial charge in [-0.25, -0.2) is 9.18 Å². The van der Waals surface area contributed by atoms with E-state index in [1.165, 1.54) is 6.07 Å². The van der Waals surface area contributed by atoms with Gasteiger partial charge in [0.2, 0.25) is 5.88 Å². The third-order valence-electron chi connectivity index (χ3n) is 6.33. The second-order valence-corrected chi connectivity index (χ2v) is 8.93. The van der Waals surface area contributed by atoms with Gasteiger partial charge in [0.05, 0.1) is 18.1 Å². The van der Waals surface area contributed by atoms with Crippen LogP contribution in [-0.2, 0) is 6.61 Å². The third kappa shape index (κ3) is 5.59. The van der Waals surface area contributed by atoms with Crippen LogP contribution < -0.4 is 24.7 Å². The van der Waals surface area contributed by atoms with E-state index < -0.39 is 11.9 Å². The van der Waals surface area contributed by atoms with E-state index in [0.29, 0.717) is 40.5 Å². The molecule has 0 radical (unpaired) electrons. The molecule has 0 saturated carbocycles. The summed E-state index contributed by atoms with van der Waals surface area (Å²) in [5.74, 6) is 0.156. The number of ether oxygens (including phenoxy) is 4. The van der Waals surface area contributed by atoms with E-state index >= 15 is 0 Å². The number of nitrogens with zero attached hydrogens (tertiary/aromatic N) is 1. The van der Waals surface area contributed by atoms with Gasteiger partial charge in [-0.1, -0.05) is 42.5 Å². The van der Waals surface area contributed by atoms with E-state index in [-0.39, 0.29) is 29.6 Å². The highest BCUT2D eigenvalue weighted by atomic mass is 19.1. The number of nitriles is 1. The molecule has 0 saturated heterocycles. The Morgan fingerprint density at radius 1 is 0.950 bits per heavy atom. The van der Waals surface area contributed by atoms with Crippen molar-refractivity contribution in [2.45, 2.75) is 19.4 Å². The van der Waals surface area contributed by atoms with Crippen molar-refractivity contribution in [3.05, 3.63) is 131 Å². The number of carbonyl (C=O) groups excluding carboxylic acids is 1. The van der Waals surface area contributed by atoms with Crippen LogP contribution in [0.25, 0.3) is 0 Å². The van der Waals surface area contributed by atoms with Crippen LogP contribution in [-0.4, -0.2) is 12.6 Å². The molecule has 0 fully saturated rings. The average Bonchev–Trinajstić information content (AvgIpc) is 2.96. The molecule has 0 bridgehead atoms. The fraction of sp³-hybridized carbons (Fsp3) is 0.125. The first kappa shape index (κ1) is 26.3. The number of benzene rings is 4. The zero-order valence-electron chi connectivity index (χ0n) is 21.6. The van der Waals surface area contributed by atoms with E-state index in [9.17, 15) is 14.4 Å². The maximum absolute atomic E-state index is 14.0. The molecule has 1 aliphatic rings. The van der Waals surface area contributed by atoms with Crippen LogP contribution in [0.15, 0.2) is 102 Å². The van der Waals surface area contributed by atoms with Crippen molar-refractivity contribution < 1.29 is 28.1 Å². The van der Waals surface area contributed by atoms with Gasteiger partial charge in [0.25, 0.3) is 0 Å². The second kappa shape index (κ2) is 11.6. The molecule has 1 heterocycles. The molecule has 1 aliphatic heterocycles. The maximum atomic E-state index is 14.0. The van der Waals surface area contributed by atoms with E-state index in [1.807, 2.05) is 13.0 Å². The predicted molar refractivity (Wildman–Crippen MR) is 145 cm³/mol. The smallest absolute Gasteiger partial charge is 0.343 e. The molecule has 8 heteroatoms. The monoisotopic (exact) mass is 536 g/mol. The van der Waals surface area contributed by atoms with Crippen molar-refractivity contribution in [1.82, 2.24) is 0 Å². The summed E-state index contributed by atoms with van der Waals surface area (Å²) in [5.41, 5.74) is 8.54. The first-order valence-electron chi connectivity index (χ1n) is 12.6. The number of halogens is 1. The normalized spacial score (nSPS) is 14.0. The Balaban J connectivity index is 1.41. The molecule has 0 spiro atoms. The zero-order valence-corrected chi connectivity index (χ0v) is 21.6. The molecular weight excluding hydrogens is 511 g/mol. The fourth-order valence-electron chi connectivity index (χ4n) is 4.45. The van der Waals surface area contributed by atoms with E-state index in [1.54, 1.807) is 78.9 Å². The maximum Gasteiger partial charge on any atom is 0.343 e. The largest absolute Gasteiger partial charge is 0.494 e. The lowest BCUT2D eigenvalue weighted by atomic mass is 9.83. The Morgan fingerprint density at radius 2 is 1.73 bits per heavy atom. The van der Waals surface area contributed by atoms with Gasteiger partial charge >= 0.3 is 5.97 Å². The molecule has 5 rings (SSSR count). The summed E-state index contributed by atoms with van der Waals surface area (Å²) in [6, 6.07) is 27.4. The van der Waals surface area contributed by atoms with Gasteiger partial charge in [-0.2, -0.15) is 5.26 Å². The van der Waals surface area contributed by atoms with Gasteiger partial charge in [0, 0.05) is 17.2 Å². The molecule has 4 aromatic rings. The Bertz CT molecular complexity index is 1640. The number of nitrogens with two attached hydrogens (primary N) is 1. The summed E-state index contributed by atoms with van der Waals surface area (Å²) >= 11 is 0. The van der Waals surface area contributed by atoms with E-state index in [4.69, 9.17) is 24.7 Å². The average molecular weight is 537 g/mol. The second-order valence-electron chi connectivity index (χ2n) is 8.93. The SMILES string of the molecule is CCOc1cccc(C(=O)Oc2ccc3c(c2)OC(N)=C(C#N)C3c2cccc(OCc3ccccc3F)c2)c1. The summed E-state index contributed by atoms with van der Waals surface area (Å²) in [6.07, 6.45) is 0. The van der Waals surface area contributed by atoms with Crippen LogP contribution in [0.4, 0.5) is 4.39 Å². The molecule has 2 N–H and O–H groups in total. The molecule has 40 heavy (non-hydrogen) atoms. The number of carbonyl (C=O) groups is 1. The third-order valence-corrected chi connectivity index (χ3v) is 6.33. The lowest BCUT2D eigenvalue weighted by molar-refractivity contribution is 0.0734. The fourth-order valence-corrected chi connectivity index (χ4v) is 4.45. The lowest BCUT2D eigenvalue weighted by Crippen LogP contribution is -2.21. The molecule has 0 aromatic heterocycles. The van der Waals surface area contributed by atoms with Gasteiger partial charge in [0.15, 0.2) is 0 Å². The van der Waals surface area contributed by atoms with Gasteiger partial charge in [-0.3, -0.25) is 0 Å². The molecule has 200 valence electrons. The standard InChI is InChI=1S/C32H25FN2O5/c1-2-37-23-10-6-9-21(16-23)32(36)39-25-13-14-26-29(17-25)40-31(35)27(18-34)30(26)20-8-5-11-24(15-20)38-19-22-7-3-4-12-28(22)33/h3-17,30H,2,19,35H2,1H3. The lowest BCUT2D eigenvalue weighted by Gasteiger charge is -2.27. The molecule has 0 amide bonds. The van der Waals surface area contributed by atoms with Gasteiger partial charge in [0.1, 0.15) is 47.1 Å². The first-order valence-corrected chi connectivity index (χ1v) is 12.6. The van der Waals surface area contributed by atoms with Crippen molar-refractivity contribution in [3.8, 4) is 29.1 Å². The molecule has 0 aliphatic carbocycles. The van der Waals surface area contributed by atoms with Gasteiger partial charge < -0.3 is 24.7 Å². The minimum Gasteiger partial charge on any atom is -0.494 e. The highest BCUT2D eigenvalue weighted by Crippen LogP contribution is 2.44. The van der Waals surface area contributed by atoms with Crippen molar-refractivity contribution >= 4 is 5.97 Å². The van der Waals surface area contributed by atoms with Crippen molar-refractivity contribution in [2.75, 3.05) is 6.61 Å². The summed E-state index contributed by atoms with van der Waals surface area (Å²) in [6.45, 7) is 2.38. The van der Waals surface area contributed by atoms with Crippen LogP contribution in [0.5, 0.6) is 23.0 Å². The van der Waals surface area contributed by atoms with Crippen LogP contribution in [0.1, 0.15) is 39.9 Å². The minimum absolute atomic E-state index is 0.0474. The molecule has 1 atom stereocenters. The first-order chi connectivity index (χ1) is 19.5. The van der Waals surface area contributed by atoms with E-state index in [2.05, 4.69) is 6.07 Å². The Labute approximate surface area is 230 Å². The zero-order chi connectivity index (χ0) is 28.1. The summed E-state index contributed by atoms with van der Waals surface area (Å²) in [7, 11) is 0. The Kier molecular flexibility index (Phi) is 7.65.